The average molecular weight is 264 g/mol. The van der Waals surface area contributed by atoms with Crippen molar-refractivity contribution in [2.24, 2.45) is 0 Å². The van der Waals surface area contributed by atoms with Crippen LogP contribution >= 0.6 is 0 Å². The Bertz CT molecular complexity index is 540. The summed E-state index contributed by atoms with van der Waals surface area (Å²) in [6, 6.07) is 3.50. The molecule has 2 rings (SSSR count). The molecular formula is C13H14F2N4. The van der Waals surface area contributed by atoms with Gasteiger partial charge in [-0.05, 0) is 24.1 Å². The molecule has 0 atom stereocenters. The molecule has 0 aliphatic rings. The van der Waals surface area contributed by atoms with E-state index in [1.54, 1.807) is 19.4 Å². The highest BCUT2D eigenvalue weighted by Gasteiger charge is 2.01. The molecule has 0 radical (unpaired) electrons. The van der Waals surface area contributed by atoms with Crippen molar-refractivity contribution in [2.75, 3.05) is 24.2 Å². The molecule has 0 unspecified atom stereocenters. The summed E-state index contributed by atoms with van der Waals surface area (Å²) in [6.45, 7) is 0.519. The van der Waals surface area contributed by atoms with Gasteiger partial charge < -0.3 is 10.6 Å². The number of anilines is 2. The van der Waals surface area contributed by atoms with Crippen molar-refractivity contribution in [1.82, 2.24) is 9.97 Å². The minimum atomic E-state index is -0.563. The summed E-state index contributed by atoms with van der Waals surface area (Å²) >= 11 is 0. The molecular weight excluding hydrogens is 250 g/mol. The van der Waals surface area contributed by atoms with E-state index in [-0.39, 0.29) is 0 Å². The Labute approximate surface area is 109 Å². The maximum atomic E-state index is 13.0. The lowest BCUT2D eigenvalue weighted by Crippen LogP contribution is -2.08. The van der Waals surface area contributed by atoms with Crippen LogP contribution in [0.2, 0.25) is 0 Å². The molecule has 0 amide bonds. The molecule has 0 spiro atoms. The standard InChI is InChI=1S/C13H14F2N4/c1-16-12-7-17-8-13(19-12)18-3-2-9-4-10(14)6-11(15)5-9/h4-8H,2-3H2,1H3,(H2,16,18,19). The Morgan fingerprint density at radius 3 is 2.42 bits per heavy atom. The number of nitrogens with one attached hydrogen (secondary N) is 2. The molecule has 0 bridgehead atoms. The van der Waals surface area contributed by atoms with Gasteiger partial charge in [0.05, 0.1) is 12.4 Å². The Morgan fingerprint density at radius 1 is 1.05 bits per heavy atom. The molecule has 1 aromatic heterocycles. The van der Waals surface area contributed by atoms with Gasteiger partial charge in [0, 0.05) is 19.7 Å². The molecule has 4 nitrogen and oxygen atoms in total. The smallest absolute Gasteiger partial charge is 0.146 e. The van der Waals surface area contributed by atoms with Crippen molar-refractivity contribution in [1.29, 1.82) is 0 Å². The zero-order valence-corrected chi connectivity index (χ0v) is 10.5. The van der Waals surface area contributed by atoms with Gasteiger partial charge in [-0.1, -0.05) is 0 Å². The quantitative estimate of drug-likeness (QED) is 0.871. The van der Waals surface area contributed by atoms with E-state index in [1.165, 1.54) is 12.1 Å². The van der Waals surface area contributed by atoms with Gasteiger partial charge in [-0.25, -0.2) is 13.8 Å². The van der Waals surface area contributed by atoms with E-state index < -0.39 is 11.6 Å². The van der Waals surface area contributed by atoms with Crippen LogP contribution in [0.4, 0.5) is 20.4 Å². The first-order chi connectivity index (χ1) is 9.17. The van der Waals surface area contributed by atoms with E-state index in [0.717, 1.165) is 6.07 Å². The molecule has 100 valence electrons. The fourth-order valence-electron chi connectivity index (χ4n) is 1.66. The van der Waals surface area contributed by atoms with Crippen LogP contribution in [0.3, 0.4) is 0 Å². The SMILES string of the molecule is CNc1cncc(NCCc2cc(F)cc(F)c2)n1. The fourth-order valence-corrected chi connectivity index (χ4v) is 1.66. The zero-order chi connectivity index (χ0) is 13.7. The van der Waals surface area contributed by atoms with Crippen molar-refractivity contribution in [3.05, 3.63) is 47.8 Å². The third-order valence-corrected chi connectivity index (χ3v) is 2.53. The molecule has 6 heteroatoms. The van der Waals surface area contributed by atoms with Crippen LogP contribution in [-0.4, -0.2) is 23.6 Å². The Kier molecular flexibility index (Phi) is 4.22. The summed E-state index contributed by atoms with van der Waals surface area (Å²) in [5, 5.41) is 5.93. The van der Waals surface area contributed by atoms with E-state index in [4.69, 9.17) is 0 Å². The number of hydrogen-bond donors (Lipinski definition) is 2. The number of nitrogens with zero attached hydrogens (tertiary/aromatic N) is 2. The van der Waals surface area contributed by atoms with Crippen LogP contribution in [0.15, 0.2) is 30.6 Å². The van der Waals surface area contributed by atoms with Crippen LogP contribution in [0, 0.1) is 11.6 Å². The molecule has 0 aliphatic heterocycles. The van der Waals surface area contributed by atoms with Gasteiger partial charge in [-0.3, -0.25) is 4.98 Å². The second-order valence-corrected chi connectivity index (χ2v) is 3.99. The highest BCUT2D eigenvalue weighted by Crippen LogP contribution is 2.10. The molecule has 19 heavy (non-hydrogen) atoms. The Hall–Kier alpha value is -2.24. The molecule has 1 heterocycles. The predicted molar refractivity (Wildman–Crippen MR) is 70.1 cm³/mol. The highest BCUT2D eigenvalue weighted by molar-refractivity contribution is 5.41. The Balaban J connectivity index is 1.92. The van der Waals surface area contributed by atoms with Gasteiger partial charge >= 0.3 is 0 Å². The van der Waals surface area contributed by atoms with E-state index in [1.807, 2.05) is 0 Å². The number of halogens is 2. The summed E-state index contributed by atoms with van der Waals surface area (Å²) in [7, 11) is 1.75. The Morgan fingerprint density at radius 2 is 1.74 bits per heavy atom. The van der Waals surface area contributed by atoms with Crippen LogP contribution in [0.1, 0.15) is 5.56 Å². The molecule has 2 aromatic rings. The van der Waals surface area contributed by atoms with Crippen molar-refractivity contribution < 1.29 is 8.78 Å². The third-order valence-electron chi connectivity index (χ3n) is 2.53. The van der Waals surface area contributed by atoms with Gasteiger partial charge in [0.1, 0.15) is 23.3 Å². The van der Waals surface area contributed by atoms with Gasteiger partial charge in [0.25, 0.3) is 0 Å². The molecule has 1 aromatic carbocycles. The van der Waals surface area contributed by atoms with E-state index in [0.29, 0.717) is 30.2 Å². The lowest BCUT2D eigenvalue weighted by Gasteiger charge is -2.07. The van der Waals surface area contributed by atoms with E-state index >= 15 is 0 Å². The number of benzene rings is 1. The molecule has 0 fully saturated rings. The molecule has 0 aliphatic carbocycles. The summed E-state index contributed by atoms with van der Waals surface area (Å²) < 4.78 is 26.0. The van der Waals surface area contributed by atoms with Crippen LogP contribution in [0.25, 0.3) is 0 Å². The lowest BCUT2D eigenvalue weighted by molar-refractivity contribution is 0.580. The summed E-state index contributed by atoms with van der Waals surface area (Å²) in [5.41, 5.74) is 0.600. The van der Waals surface area contributed by atoms with Crippen molar-refractivity contribution in [3.8, 4) is 0 Å². The minimum absolute atomic E-state index is 0.500. The van der Waals surface area contributed by atoms with E-state index in [9.17, 15) is 8.78 Å². The second-order valence-electron chi connectivity index (χ2n) is 3.99. The highest BCUT2D eigenvalue weighted by atomic mass is 19.1. The maximum Gasteiger partial charge on any atom is 0.146 e. The summed E-state index contributed by atoms with van der Waals surface area (Å²) in [6.07, 6.45) is 3.69. The first-order valence-electron chi connectivity index (χ1n) is 5.86. The van der Waals surface area contributed by atoms with Gasteiger partial charge in [0.2, 0.25) is 0 Å². The van der Waals surface area contributed by atoms with Crippen molar-refractivity contribution in [3.63, 3.8) is 0 Å². The normalized spacial score (nSPS) is 10.3. The molecule has 0 saturated carbocycles. The zero-order valence-electron chi connectivity index (χ0n) is 10.5. The van der Waals surface area contributed by atoms with Crippen molar-refractivity contribution in [2.45, 2.75) is 6.42 Å². The van der Waals surface area contributed by atoms with Gasteiger partial charge in [-0.15, -0.1) is 0 Å². The van der Waals surface area contributed by atoms with Crippen LogP contribution in [-0.2, 0) is 6.42 Å². The maximum absolute atomic E-state index is 13.0. The average Bonchev–Trinajstić information content (AvgIpc) is 2.38. The second kappa shape index (κ2) is 6.08. The first-order valence-corrected chi connectivity index (χ1v) is 5.86. The minimum Gasteiger partial charge on any atom is -0.372 e. The monoisotopic (exact) mass is 264 g/mol. The van der Waals surface area contributed by atoms with E-state index in [2.05, 4.69) is 20.6 Å². The lowest BCUT2D eigenvalue weighted by atomic mass is 10.1. The summed E-state index contributed by atoms with van der Waals surface area (Å²) in [5.74, 6) is 0.143. The summed E-state index contributed by atoms with van der Waals surface area (Å²) in [4.78, 5) is 8.23. The number of hydrogen-bond acceptors (Lipinski definition) is 4. The predicted octanol–water partition coefficient (Wildman–Crippen LogP) is 2.45. The topological polar surface area (TPSA) is 49.8 Å². The molecule has 2 N–H and O–H groups in total. The van der Waals surface area contributed by atoms with Crippen molar-refractivity contribution >= 4 is 11.6 Å². The third kappa shape index (κ3) is 3.87. The van der Waals surface area contributed by atoms with Gasteiger partial charge in [0.15, 0.2) is 0 Å². The largest absolute Gasteiger partial charge is 0.372 e. The fraction of sp³-hybridized carbons (Fsp3) is 0.231. The first kappa shape index (κ1) is 13.2. The van der Waals surface area contributed by atoms with Crippen LogP contribution in [0.5, 0.6) is 0 Å². The van der Waals surface area contributed by atoms with Gasteiger partial charge in [-0.2, -0.15) is 0 Å². The molecule has 0 saturated heterocycles. The van der Waals surface area contributed by atoms with Crippen LogP contribution < -0.4 is 10.6 Å². The number of rotatable bonds is 5. The number of aromatic nitrogens is 2.